The van der Waals surface area contributed by atoms with Crippen LogP contribution in [0.2, 0.25) is 5.02 Å². The largest absolute Gasteiger partial charge is 0.398 e. The SMILES string of the molecule is Cc1cc(Cl)c(S(=O)(=O)Nc2ccc(C#N)cc2)cc1N. The predicted molar refractivity (Wildman–Crippen MR) is 82.6 cm³/mol. The second-order valence-corrected chi connectivity index (χ2v) is 6.49. The van der Waals surface area contributed by atoms with Gasteiger partial charge in [0.15, 0.2) is 0 Å². The number of hydrogen-bond acceptors (Lipinski definition) is 4. The Morgan fingerprint density at radius 1 is 1.24 bits per heavy atom. The van der Waals surface area contributed by atoms with E-state index in [9.17, 15) is 8.42 Å². The fourth-order valence-corrected chi connectivity index (χ4v) is 3.37. The minimum absolute atomic E-state index is 0.0865. The van der Waals surface area contributed by atoms with E-state index in [1.807, 2.05) is 6.07 Å². The van der Waals surface area contributed by atoms with E-state index in [1.165, 1.54) is 36.4 Å². The predicted octanol–water partition coefficient (Wildman–Crippen LogP) is 2.90. The fourth-order valence-electron chi connectivity index (χ4n) is 1.70. The maximum Gasteiger partial charge on any atom is 0.263 e. The number of sulfonamides is 1. The lowest BCUT2D eigenvalue weighted by atomic mass is 10.2. The van der Waals surface area contributed by atoms with E-state index in [1.54, 1.807) is 6.92 Å². The van der Waals surface area contributed by atoms with E-state index in [2.05, 4.69) is 4.72 Å². The quantitative estimate of drug-likeness (QED) is 0.849. The standard InChI is InChI=1S/C14H12ClN3O2S/c1-9-6-12(15)14(7-13(9)17)21(19,20)18-11-4-2-10(8-16)3-5-11/h2-7,18H,17H2,1H3. The summed E-state index contributed by atoms with van der Waals surface area (Å²) in [6.45, 7) is 1.74. The van der Waals surface area contributed by atoms with E-state index in [0.29, 0.717) is 22.5 Å². The molecule has 0 aliphatic rings. The van der Waals surface area contributed by atoms with Gasteiger partial charge in [0.1, 0.15) is 4.90 Å². The molecule has 2 aromatic carbocycles. The van der Waals surface area contributed by atoms with E-state index < -0.39 is 10.0 Å². The molecule has 0 saturated carbocycles. The third kappa shape index (κ3) is 3.27. The van der Waals surface area contributed by atoms with Crippen molar-refractivity contribution in [1.29, 1.82) is 5.26 Å². The van der Waals surface area contributed by atoms with Crippen LogP contribution in [0.1, 0.15) is 11.1 Å². The van der Waals surface area contributed by atoms with Gasteiger partial charge in [0.25, 0.3) is 10.0 Å². The van der Waals surface area contributed by atoms with Crippen LogP contribution in [0.5, 0.6) is 0 Å². The highest BCUT2D eigenvalue weighted by Gasteiger charge is 2.19. The van der Waals surface area contributed by atoms with Crippen LogP contribution in [0, 0.1) is 18.3 Å². The first-order valence-corrected chi connectivity index (χ1v) is 7.78. The molecule has 0 amide bonds. The van der Waals surface area contributed by atoms with Crippen LogP contribution in [0.25, 0.3) is 0 Å². The van der Waals surface area contributed by atoms with Crippen LogP contribution in [-0.2, 0) is 10.0 Å². The highest BCUT2D eigenvalue weighted by atomic mass is 35.5. The molecule has 5 nitrogen and oxygen atoms in total. The van der Waals surface area contributed by atoms with Gasteiger partial charge in [-0.25, -0.2) is 8.42 Å². The minimum atomic E-state index is -3.85. The maximum atomic E-state index is 12.3. The zero-order chi connectivity index (χ0) is 15.6. The average molecular weight is 322 g/mol. The van der Waals surface area contributed by atoms with Gasteiger partial charge in [0.05, 0.1) is 16.7 Å². The van der Waals surface area contributed by atoms with Crippen molar-refractivity contribution in [3.8, 4) is 6.07 Å². The Morgan fingerprint density at radius 3 is 2.43 bits per heavy atom. The molecule has 21 heavy (non-hydrogen) atoms. The lowest BCUT2D eigenvalue weighted by Gasteiger charge is -2.11. The third-order valence-electron chi connectivity index (χ3n) is 2.88. The molecule has 7 heteroatoms. The van der Waals surface area contributed by atoms with Crippen molar-refractivity contribution in [3.63, 3.8) is 0 Å². The number of aryl methyl sites for hydroxylation is 1. The molecule has 2 aromatic rings. The van der Waals surface area contributed by atoms with Gasteiger partial charge in [0.2, 0.25) is 0 Å². The summed E-state index contributed by atoms with van der Waals surface area (Å²) >= 11 is 5.98. The molecule has 0 aliphatic carbocycles. The summed E-state index contributed by atoms with van der Waals surface area (Å²) in [5.74, 6) is 0. The molecule has 108 valence electrons. The molecule has 0 heterocycles. The summed E-state index contributed by atoms with van der Waals surface area (Å²) in [5.41, 5.74) is 7.56. The third-order valence-corrected chi connectivity index (χ3v) is 4.72. The Bertz CT molecular complexity index is 825. The van der Waals surface area contributed by atoms with Crippen LogP contribution in [0.3, 0.4) is 0 Å². The molecule has 0 bridgehead atoms. The Balaban J connectivity index is 2.38. The van der Waals surface area contributed by atoms with Crippen molar-refractivity contribution in [2.45, 2.75) is 11.8 Å². The van der Waals surface area contributed by atoms with Crippen LogP contribution >= 0.6 is 11.6 Å². The molecule has 0 spiro atoms. The van der Waals surface area contributed by atoms with Crippen LogP contribution in [0.15, 0.2) is 41.3 Å². The van der Waals surface area contributed by atoms with Crippen LogP contribution in [-0.4, -0.2) is 8.42 Å². The summed E-state index contributed by atoms with van der Waals surface area (Å²) in [7, 11) is -3.85. The first kappa shape index (κ1) is 15.2. The lowest BCUT2D eigenvalue weighted by molar-refractivity contribution is 0.601. The molecule has 0 aromatic heterocycles. The first-order valence-electron chi connectivity index (χ1n) is 5.92. The molecule has 0 unspecified atom stereocenters. The normalized spacial score (nSPS) is 10.9. The van der Waals surface area contributed by atoms with Crippen LogP contribution in [0.4, 0.5) is 11.4 Å². The van der Waals surface area contributed by atoms with Gasteiger partial charge in [-0.3, -0.25) is 4.72 Å². The van der Waals surface area contributed by atoms with Crippen molar-refractivity contribution in [2.75, 3.05) is 10.5 Å². The number of rotatable bonds is 3. The van der Waals surface area contributed by atoms with Crippen LogP contribution < -0.4 is 10.5 Å². The molecule has 0 aliphatic heterocycles. The van der Waals surface area contributed by atoms with Crippen molar-refractivity contribution < 1.29 is 8.42 Å². The molecule has 0 saturated heterocycles. The summed E-state index contributed by atoms with van der Waals surface area (Å²) in [6.07, 6.45) is 0. The molecule has 2 rings (SSSR count). The molecule has 0 atom stereocenters. The Labute approximate surface area is 128 Å². The summed E-state index contributed by atoms with van der Waals surface area (Å²) < 4.78 is 27.0. The molecule has 0 fully saturated rings. The number of nitrogens with two attached hydrogens (primary N) is 1. The van der Waals surface area contributed by atoms with Crippen molar-refractivity contribution in [3.05, 3.63) is 52.5 Å². The van der Waals surface area contributed by atoms with Gasteiger partial charge < -0.3 is 5.73 Å². The highest BCUT2D eigenvalue weighted by Crippen LogP contribution is 2.28. The molecular formula is C14H12ClN3O2S. The van der Waals surface area contributed by atoms with Gasteiger partial charge in [-0.15, -0.1) is 0 Å². The van der Waals surface area contributed by atoms with E-state index in [-0.39, 0.29) is 9.92 Å². The number of nitrogens with zero attached hydrogens (tertiary/aromatic N) is 1. The zero-order valence-electron chi connectivity index (χ0n) is 11.1. The van der Waals surface area contributed by atoms with E-state index >= 15 is 0 Å². The average Bonchev–Trinajstić information content (AvgIpc) is 2.43. The Kier molecular flexibility index (Phi) is 4.07. The monoisotopic (exact) mass is 321 g/mol. The summed E-state index contributed by atoms with van der Waals surface area (Å²) in [5, 5.41) is 8.81. The highest BCUT2D eigenvalue weighted by molar-refractivity contribution is 7.92. The molecule has 0 radical (unpaired) electrons. The van der Waals surface area contributed by atoms with E-state index in [4.69, 9.17) is 22.6 Å². The van der Waals surface area contributed by atoms with Crippen molar-refractivity contribution in [1.82, 2.24) is 0 Å². The molecular weight excluding hydrogens is 310 g/mol. The van der Waals surface area contributed by atoms with Gasteiger partial charge in [-0.2, -0.15) is 5.26 Å². The van der Waals surface area contributed by atoms with E-state index in [0.717, 1.165) is 0 Å². The number of halogens is 1. The van der Waals surface area contributed by atoms with Gasteiger partial charge in [0, 0.05) is 11.4 Å². The van der Waals surface area contributed by atoms with Crippen molar-refractivity contribution >= 4 is 33.0 Å². The Morgan fingerprint density at radius 2 is 1.86 bits per heavy atom. The number of hydrogen-bond donors (Lipinski definition) is 2. The minimum Gasteiger partial charge on any atom is -0.398 e. The lowest BCUT2D eigenvalue weighted by Crippen LogP contribution is -2.14. The first-order chi connectivity index (χ1) is 9.83. The fraction of sp³-hybridized carbons (Fsp3) is 0.0714. The second-order valence-electron chi connectivity index (χ2n) is 4.43. The number of nitriles is 1. The van der Waals surface area contributed by atoms with Gasteiger partial charge in [-0.1, -0.05) is 11.6 Å². The Hall–Kier alpha value is -2.23. The molecule has 3 N–H and O–H groups in total. The van der Waals surface area contributed by atoms with Gasteiger partial charge in [-0.05, 0) is 48.9 Å². The topological polar surface area (TPSA) is 96.0 Å². The zero-order valence-corrected chi connectivity index (χ0v) is 12.7. The summed E-state index contributed by atoms with van der Waals surface area (Å²) in [4.78, 5) is -0.0865. The van der Waals surface area contributed by atoms with Gasteiger partial charge >= 0.3 is 0 Å². The number of benzene rings is 2. The number of nitrogens with one attached hydrogen (secondary N) is 1. The summed E-state index contributed by atoms with van der Waals surface area (Å²) in [6, 6.07) is 10.8. The number of nitrogen functional groups attached to an aromatic ring is 1. The maximum absolute atomic E-state index is 12.3. The second kappa shape index (κ2) is 5.64. The number of anilines is 2. The smallest absolute Gasteiger partial charge is 0.263 e. The van der Waals surface area contributed by atoms with Crippen molar-refractivity contribution in [2.24, 2.45) is 0 Å².